The van der Waals surface area contributed by atoms with Crippen molar-refractivity contribution in [3.63, 3.8) is 0 Å². The number of rotatable bonds is 4. The number of halogens is 2. The summed E-state index contributed by atoms with van der Waals surface area (Å²) in [5, 5.41) is 0. The van der Waals surface area contributed by atoms with Gasteiger partial charge < -0.3 is 4.74 Å². The summed E-state index contributed by atoms with van der Waals surface area (Å²) in [5.74, 6) is -0.788. The quantitative estimate of drug-likeness (QED) is 0.724. The van der Waals surface area contributed by atoms with E-state index in [4.69, 9.17) is 4.74 Å². The van der Waals surface area contributed by atoms with Crippen LogP contribution in [0.3, 0.4) is 0 Å². The maximum absolute atomic E-state index is 13.2. The lowest BCUT2D eigenvalue weighted by atomic mass is 9.97. The fraction of sp³-hybridized carbons (Fsp3) is 0.364. The smallest absolute Gasteiger partial charge is 0.162 e. The first-order valence-electron chi connectivity index (χ1n) is 4.42. The van der Waals surface area contributed by atoms with Gasteiger partial charge in [0.25, 0.3) is 0 Å². The van der Waals surface area contributed by atoms with Gasteiger partial charge in [0.05, 0.1) is 0 Å². The zero-order valence-electron chi connectivity index (χ0n) is 8.31. The Bertz CT molecular complexity index is 299. The highest BCUT2D eigenvalue weighted by Crippen LogP contribution is 2.22. The lowest BCUT2D eigenvalue weighted by Crippen LogP contribution is -2.03. The fourth-order valence-corrected chi connectivity index (χ4v) is 1.22. The van der Waals surface area contributed by atoms with Gasteiger partial charge in [-0.15, -0.1) is 0 Å². The molecule has 1 aromatic carbocycles. The molecule has 0 aromatic heterocycles. The van der Waals surface area contributed by atoms with Gasteiger partial charge in [0.1, 0.15) is 0 Å². The third kappa shape index (κ3) is 2.51. The largest absolute Gasteiger partial charge is 0.385 e. The van der Waals surface area contributed by atoms with Crippen LogP contribution in [0.15, 0.2) is 18.2 Å². The summed E-state index contributed by atoms with van der Waals surface area (Å²) < 4.78 is 31.0. The van der Waals surface area contributed by atoms with Crippen molar-refractivity contribution >= 4 is 0 Å². The van der Waals surface area contributed by atoms with Gasteiger partial charge in [-0.05, 0) is 18.1 Å². The van der Waals surface area contributed by atoms with Gasteiger partial charge in [0, 0.05) is 19.6 Å². The van der Waals surface area contributed by atoms with Gasteiger partial charge in [0.2, 0.25) is 0 Å². The Hall–Kier alpha value is -0.960. The molecule has 0 aliphatic heterocycles. The Kier molecular flexibility index (Phi) is 4.01. The van der Waals surface area contributed by atoms with Crippen molar-refractivity contribution < 1.29 is 13.5 Å². The second-order valence-electron chi connectivity index (χ2n) is 3.12. The topological polar surface area (TPSA) is 9.23 Å². The molecule has 0 N–H and O–H groups in total. The molecule has 1 aromatic rings. The summed E-state index contributed by atoms with van der Waals surface area (Å²) in [7, 11) is 1.58. The van der Waals surface area contributed by atoms with E-state index < -0.39 is 11.6 Å². The second-order valence-corrected chi connectivity index (χ2v) is 3.12. The van der Waals surface area contributed by atoms with E-state index in [1.54, 1.807) is 20.1 Å². The summed E-state index contributed by atoms with van der Waals surface area (Å²) in [6.45, 7) is 2.29. The van der Waals surface area contributed by atoms with E-state index in [1.165, 1.54) is 6.07 Å². The first kappa shape index (κ1) is 11.1. The number of hydrogen-bond acceptors (Lipinski definition) is 1. The van der Waals surface area contributed by atoms with Crippen LogP contribution in [0.5, 0.6) is 0 Å². The molecule has 0 heterocycles. The van der Waals surface area contributed by atoms with E-state index >= 15 is 0 Å². The van der Waals surface area contributed by atoms with Crippen LogP contribution in [0.25, 0.3) is 0 Å². The molecule has 1 rings (SSSR count). The van der Waals surface area contributed by atoms with E-state index in [0.29, 0.717) is 18.6 Å². The summed E-state index contributed by atoms with van der Waals surface area (Å²) in [6.07, 6.45) is 0.608. The molecule has 1 radical (unpaired) electrons. The Labute approximate surface area is 82.7 Å². The van der Waals surface area contributed by atoms with Crippen molar-refractivity contribution in [2.75, 3.05) is 13.7 Å². The monoisotopic (exact) mass is 199 g/mol. The van der Waals surface area contributed by atoms with Gasteiger partial charge in [-0.2, -0.15) is 0 Å². The van der Waals surface area contributed by atoms with Crippen LogP contribution >= 0.6 is 0 Å². The average Bonchev–Trinajstić information content (AvgIpc) is 2.18. The van der Waals surface area contributed by atoms with Gasteiger partial charge in [-0.25, -0.2) is 8.78 Å². The Balaban J connectivity index is 2.79. The van der Waals surface area contributed by atoms with Crippen molar-refractivity contribution in [2.24, 2.45) is 0 Å². The van der Waals surface area contributed by atoms with E-state index in [0.717, 1.165) is 12.0 Å². The number of benzene rings is 1. The third-order valence-corrected chi connectivity index (χ3v) is 2.09. The van der Waals surface area contributed by atoms with Crippen molar-refractivity contribution in [1.29, 1.82) is 0 Å². The van der Waals surface area contributed by atoms with Gasteiger partial charge >= 0.3 is 0 Å². The normalized spacial score (nSPS) is 10.9. The Morgan fingerprint density at radius 3 is 2.71 bits per heavy atom. The van der Waals surface area contributed by atoms with Crippen LogP contribution in [0.1, 0.15) is 18.9 Å². The number of methoxy groups -OCH3 is 1. The van der Waals surface area contributed by atoms with Crippen molar-refractivity contribution in [1.82, 2.24) is 0 Å². The maximum atomic E-state index is 13.2. The molecular formula is C11H13F2O. The van der Waals surface area contributed by atoms with Crippen LogP contribution in [-0.2, 0) is 4.74 Å². The molecule has 0 atom stereocenters. The van der Waals surface area contributed by atoms with E-state index in [-0.39, 0.29) is 0 Å². The Morgan fingerprint density at radius 1 is 1.36 bits per heavy atom. The van der Waals surface area contributed by atoms with Crippen LogP contribution < -0.4 is 0 Å². The highest BCUT2D eigenvalue weighted by molar-refractivity contribution is 5.31. The van der Waals surface area contributed by atoms with E-state index in [2.05, 4.69) is 0 Å². The maximum Gasteiger partial charge on any atom is 0.162 e. The fourth-order valence-electron chi connectivity index (χ4n) is 1.22. The minimum atomic E-state index is -0.806. The molecule has 14 heavy (non-hydrogen) atoms. The van der Waals surface area contributed by atoms with Gasteiger partial charge in [0.15, 0.2) is 11.6 Å². The molecule has 0 aliphatic rings. The SMILES string of the molecule is COCC[C](C)c1cccc(F)c1F. The van der Waals surface area contributed by atoms with E-state index in [1.807, 2.05) is 0 Å². The highest BCUT2D eigenvalue weighted by atomic mass is 19.2. The molecule has 0 bridgehead atoms. The third-order valence-electron chi connectivity index (χ3n) is 2.09. The summed E-state index contributed by atoms with van der Waals surface area (Å²) in [6, 6.07) is 4.19. The first-order chi connectivity index (χ1) is 6.66. The zero-order chi connectivity index (χ0) is 10.6. The van der Waals surface area contributed by atoms with Crippen molar-refractivity contribution in [3.8, 4) is 0 Å². The van der Waals surface area contributed by atoms with Crippen LogP contribution in [-0.4, -0.2) is 13.7 Å². The lowest BCUT2D eigenvalue weighted by molar-refractivity contribution is 0.198. The van der Waals surface area contributed by atoms with E-state index in [9.17, 15) is 8.78 Å². The van der Waals surface area contributed by atoms with Crippen LogP contribution in [0.2, 0.25) is 0 Å². The number of ether oxygens (including phenoxy) is 1. The number of hydrogen-bond donors (Lipinski definition) is 0. The van der Waals surface area contributed by atoms with Crippen LogP contribution in [0.4, 0.5) is 8.78 Å². The molecule has 1 nitrogen and oxygen atoms in total. The summed E-state index contributed by atoms with van der Waals surface area (Å²) >= 11 is 0. The minimum absolute atomic E-state index is 0.335. The second kappa shape index (κ2) is 5.05. The zero-order valence-corrected chi connectivity index (χ0v) is 8.31. The molecule has 0 amide bonds. The molecule has 0 unspecified atom stereocenters. The predicted molar refractivity (Wildman–Crippen MR) is 50.9 cm³/mol. The molecule has 0 spiro atoms. The summed E-state index contributed by atoms with van der Waals surface area (Å²) in [5.41, 5.74) is 0.335. The molecular weight excluding hydrogens is 186 g/mol. The van der Waals surface area contributed by atoms with Crippen molar-refractivity contribution in [2.45, 2.75) is 13.3 Å². The van der Waals surface area contributed by atoms with Gasteiger partial charge in [-0.3, -0.25) is 0 Å². The standard InChI is InChI=1S/C11H13F2O/c1-8(6-7-14-2)9-4-3-5-10(12)11(9)13/h3-5H,6-7H2,1-2H3. The Morgan fingerprint density at radius 2 is 2.07 bits per heavy atom. The molecule has 3 heteroatoms. The predicted octanol–water partition coefficient (Wildman–Crippen LogP) is 2.94. The van der Waals surface area contributed by atoms with Crippen molar-refractivity contribution in [3.05, 3.63) is 41.3 Å². The molecule has 0 saturated heterocycles. The lowest BCUT2D eigenvalue weighted by Gasteiger charge is -2.11. The highest BCUT2D eigenvalue weighted by Gasteiger charge is 2.13. The van der Waals surface area contributed by atoms with Crippen LogP contribution in [0, 0.1) is 17.6 Å². The summed E-state index contributed by atoms with van der Waals surface area (Å²) in [4.78, 5) is 0. The molecule has 77 valence electrons. The first-order valence-corrected chi connectivity index (χ1v) is 4.42. The molecule has 0 aliphatic carbocycles. The molecule has 0 fully saturated rings. The minimum Gasteiger partial charge on any atom is -0.385 e. The van der Waals surface area contributed by atoms with Gasteiger partial charge in [-0.1, -0.05) is 19.1 Å². The average molecular weight is 199 g/mol. The molecule has 0 saturated carbocycles.